The molecule has 18 heavy (non-hydrogen) atoms. The molecule has 1 aliphatic carbocycles. The van der Waals surface area contributed by atoms with Crippen molar-refractivity contribution in [3.63, 3.8) is 0 Å². The summed E-state index contributed by atoms with van der Waals surface area (Å²) < 4.78 is 0. The molecule has 1 aromatic heterocycles. The van der Waals surface area contributed by atoms with Gasteiger partial charge in [0.25, 0.3) is 0 Å². The highest BCUT2D eigenvalue weighted by molar-refractivity contribution is 5.78. The lowest BCUT2D eigenvalue weighted by atomic mass is 9.88. The summed E-state index contributed by atoms with van der Waals surface area (Å²) in [5, 5.41) is 11.7. The van der Waals surface area contributed by atoms with E-state index in [0.717, 1.165) is 22.9 Å². The van der Waals surface area contributed by atoms with Gasteiger partial charge in [0.05, 0.1) is 11.6 Å². The van der Waals surface area contributed by atoms with Gasteiger partial charge in [-0.25, -0.2) is 0 Å². The first-order valence-electron chi connectivity index (χ1n) is 6.78. The topological polar surface area (TPSA) is 33.1 Å². The number of nitrogens with zero attached hydrogens (tertiary/aromatic N) is 1. The van der Waals surface area contributed by atoms with Crippen LogP contribution in [0.4, 0.5) is 0 Å². The van der Waals surface area contributed by atoms with Crippen LogP contribution < -0.4 is 0 Å². The fourth-order valence-electron chi connectivity index (χ4n) is 3.16. The van der Waals surface area contributed by atoms with E-state index in [0.29, 0.717) is 11.8 Å². The quantitative estimate of drug-likeness (QED) is 0.869. The molecule has 2 heteroatoms. The Labute approximate surface area is 108 Å². The summed E-state index contributed by atoms with van der Waals surface area (Å²) >= 11 is 0. The van der Waals surface area contributed by atoms with E-state index < -0.39 is 0 Å². The van der Waals surface area contributed by atoms with Crippen LogP contribution >= 0.6 is 0 Å². The van der Waals surface area contributed by atoms with Crippen molar-refractivity contribution in [1.82, 2.24) is 4.98 Å². The van der Waals surface area contributed by atoms with Crippen LogP contribution in [-0.4, -0.2) is 10.1 Å². The van der Waals surface area contributed by atoms with Crippen LogP contribution in [0.15, 0.2) is 36.5 Å². The third-order valence-electron chi connectivity index (χ3n) is 4.30. The van der Waals surface area contributed by atoms with Gasteiger partial charge in [-0.3, -0.25) is 4.98 Å². The molecule has 0 radical (unpaired) electrons. The van der Waals surface area contributed by atoms with Crippen LogP contribution in [0.25, 0.3) is 10.9 Å². The first kappa shape index (κ1) is 11.7. The van der Waals surface area contributed by atoms with Crippen LogP contribution in [0.3, 0.4) is 0 Å². The lowest BCUT2D eigenvalue weighted by molar-refractivity contribution is 0.0901. The number of benzene rings is 1. The molecule has 3 rings (SSSR count). The van der Waals surface area contributed by atoms with Gasteiger partial charge >= 0.3 is 0 Å². The Balaban J connectivity index is 1.93. The summed E-state index contributed by atoms with van der Waals surface area (Å²) in [6.07, 6.45) is 5.09. The SMILES string of the molecule is CC1CCCC1C(O)c1ccc2cccnc2c1. The summed E-state index contributed by atoms with van der Waals surface area (Å²) in [4.78, 5) is 4.36. The maximum Gasteiger partial charge on any atom is 0.0821 e. The molecule has 3 atom stereocenters. The lowest BCUT2D eigenvalue weighted by Crippen LogP contribution is -2.15. The molecule has 0 aliphatic heterocycles. The third kappa shape index (κ3) is 2.01. The standard InChI is InChI=1S/C16H19NO/c1-11-4-2-6-14(11)16(18)13-8-7-12-5-3-9-17-15(12)10-13/h3,5,7-11,14,16,18H,2,4,6H2,1H3. The molecule has 1 heterocycles. The summed E-state index contributed by atoms with van der Waals surface area (Å²) in [6.45, 7) is 2.25. The average molecular weight is 241 g/mol. The molecule has 0 bridgehead atoms. The van der Waals surface area contributed by atoms with E-state index in [2.05, 4.69) is 24.0 Å². The molecule has 3 unspecified atom stereocenters. The number of pyridine rings is 1. The molecule has 2 nitrogen and oxygen atoms in total. The van der Waals surface area contributed by atoms with Crippen molar-refractivity contribution >= 4 is 10.9 Å². The van der Waals surface area contributed by atoms with Crippen molar-refractivity contribution < 1.29 is 5.11 Å². The van der Waals surface area contributed by atoms with Gasteiger partial charge in [-0.05, 0) is 36.0 Å². The molecule has 94 valence electrons. The summed E-state index contributed by atoms with van der Waals surface area (Å²) in [5.74, 6) is 1.03. The van der Waals surface area contributed by atoms with Gasteiger partial charge < -0.3 is 5.11 Å². The fraction of sp³-hybridized carbons (Fsp3) is 0.438. The zero-order valence-corrected chi connectivity index (χ0v) is 10.7. The van der Waals surface area contributed by atoms with Gasteiger partial charge in [0.15, 0.2) is 0 Å². The van der Waals surface area contributed by atoms with E-state index in [1.54, 1.807) is 6.20 Å². The molecule has 0 spiro atoms. The first-order valence-corrected chi connectivity index (χ1v) is 6.78. The van der Waals surface area contributed by atoms with Crippen molar-refractivity contribution in [2.24, 2.45) is 11.8 Å². The molecule has 1 N–H and O–H groups in total. The van der Waals surface area contributed by atoms with Crippen molar-refractivity contribution in [2.75, 3.05) is 0 Å². The lowest BCUT2D eigenvalue weighted by Gasteiger charge is -2.22. The minimum Gasteiger partial charge on any atom is -0.388 e. The van der Waals surface area contributed by atoms with E-state index in [9.17, 15) is 5.11 Å². The second-order valence-corrected chi connectivity index (χ2v) is 5.47. The predicted molar refractivity (Wildman–Crippen MR) is 73.2 cm³/mol. The Bertz CT molecular complexity index is 552. The molecule has 1 aliphatic rings. The van der Waals surface area contributed by atoms with Gasteiger partial charge in [0.1, 0.15) is 0 Å². The molecule has 0 amide bonds. The highest BCUT2D eigenvalue weighted by Crippen LogP contribution is 2.40. The van der Waals surface area contributed by atoms with E-state index in [-0.39, 0.29) is 6.10 Å². The Morgan fingerprint density at radius 1 is 1.28 bits per heavy atom. The van der Waals surface area contributed by atoms with Crippen molar-refractivity contribution in [3.8, 4) is 0 Å². The molecule has 1 fully saturated rings. The third-order valence-corrected chi connectivity index (χ3v) is 4.30. The van der Waals surface area contributed by atoms with Crippen molar-refractivity contribution in [3.05, 3.63) is 42.1 Å². The molecular formula is C16H19NO. The van der Waals surface area contributed by atoms with Crippen LogP contribution in [-0.2, 0) is 0 Å². The Kier molecular flexibility index (Phi) is 3.04. The maximum atomic E-state index is 10.5. The second-order valence-electron chi connectivity index (χ2n) is 5.47. The molecule has 1 aromatic carbocycles. The largest absolute Gasteiger partial charge is 0.388 e. The number of aliphatic hydroxyl groups excluding tert-OH is 1. The Hall–Kier alpha value is -1.41. The van der Waals surface area contributed by atoms with Crippen LogP contribution in [0.5, 0.6) is 0 Å². The molecule has 1 saturated carbocycles. The van der Waals surface area contributed by atoms with Crippen molar-refractivity contribution in [1.29, 1.82) is 0 Å². The smallest absolute Gasteiger partial charge is 0.0821 e. The number of aromatic nitrogens is 1. The highest BCUT2D eigenvalue weighted by Gasteiger charge is 2.30. The van der Waals surface area contributed by atoms with Crippen LogP contribution in [0.1, 0.15) is 37.9 Å². The van der Waals surface area contributed by atoms with Gasteiger partial charge in [-0.15, -0.1) is 0 Å². The van der Waals surface area contributed by atoms with Gasteiger partial charge in [-0.2, -0.15) is 0 Å². The van der Waals surface area contributed by atoms with Gasteiger partial charge in [-0.1, -0.05) is 38.0 Å². The Morgan fingerprint density at radius 3 is 2.94 bits per heavy atom. The fourth-order valence-corrected chi connectivity index (χ4v) is 3.16. The zero-order chi connectivity index (χ0) is 12.5. The Morgan fingerprint density at radius 2 is 2.17 bits per heavy atom. The average Bonchev–Trinajstić information content (AvgIpc) is 2.83. The summed E-state index contributed by atoms with van der Waals surface area (Å²) in [7, 11) is 0. The van der Waals surface area contributed by atoms with E-state index in [1.807, 2.05) is 18.2 Å². The van der Waals surface area contributed by atoms with E-state index >= 15 is 0 Å². The van der Waals surface area contributed by atoms with Crippen LogP contribution in [0, 0.1) is 11.8 Å². The highest BCUT2D eigenvalue weighted by atomic mass is 16.3. The van der Waals surface area contributed by atoms with Gasteiger partial charge in [0.2, 0.25) is 0 Å². The minimum absolute atomic E-state index is 0.339. The van der Waals surface area contributed by atoms with Crippen LogP contribution in [0.2, 0.25) is 0 Å². The van der Waals surface area contributed by atoms with E-state index in [4.69, 9.17) is 0 Å². The second kappa shape index (κ2) is 4.69. The minimum atomic E-state index is -0.339. The number of hydrogen-bond acceptors (Lipinski definition) is 2. The number of aliphatic hydroxyl groups is 1. The summed E-state index contributed by atoms with van der Waals surface area (Å²) in [5.41, 5.74) is 1.99. The maximum absolute atomic E-state index is 10.5. The predicted octanol–water partition coefficient (Wildman–Crippen LogP) is 3.70. The van der Waals surface area contributed by atoms with E-state index in [1.165, 1.54) is 12.8 Å². The molecule has 0 saturated heterocycles. The van der Waals surface area contributed by atoms with Gasteiger partial charge in [0, 0.05) is 11.6 Å². The number of rotatable bonds is 2. The first-order chi connectivity index (χ1) is 8.75. The zero-order valence-electron chi connectivity index (χ0n) is 10.7. The molecule has 2 aromatic rings. The number of hydrogen-bond donors (Lipinski definition) is 1. The monoisotopic (exact) mass is 241 g/mol. The molecular weight excluding hydrogens is 222 g/mol. The normalized spacial score (nSPS) is 25.4. The summed E-state index contributed by atoms with van der Waals surface area (Å²) in [6, 6.07) is 10.1. The van der Waals surface area contributed by atoms with Crippen molar-refractivity contribution in [2.45, 2.75) is 32.3 Å². The number of fused-ring (bicyclic) bond motifs is 1.